The van der Waals surface area contributed by atoms with Crippen molar-refractivity contribution in [3.05, 3.63) is 34.3 Å². The van der Waals surface area contributed by atoms with Crippen LogP contribution in [0.1, 0.15) is 56.8 Å². The smallest absolute Gasteiger partial charge is 0.362 e. The summed E-state index contributed by atoms with van der Waals surface area (Å²) in [5, 5.41) is 15.2. The van der Waals surface area contributed by atoms with Crippen molar-refractivity contribution in [2.24, 2.45) is 22.4 Å². The van der Waals surface area contributed by atoms with Crippen molar-refractivity contribution < 1.29 is 23.1 Å². The van der Waals surface area contributed by atoms with E-state index in [0.29, 0.717) is 17.3 Å². The van der Waals surface area contributed by atoms with Gasteiger partial charge in [-0.15, -0.1) is 0 Å². The van der Waals surface area contributed by atoms with Crippen molar-refractivity contribution in [2.75, 3.05) is 0 Å². The molecule has 0 unspecified atom stereocenters. The summed E-state index contributed by atoms with van der Waals surface area (Å²) in [4.78, 5) is 12.9. The number of halogens is 4. The highest BCUT2D eigenvalue weighted by Gasteiger charge is 2.69. The summed E-state index contributed by atoms with van der Waals surface area (Å²) in [6, 6.07) is 6.19. The SMILES string of the molecule is CCC(C)(C)[C@@H]1CCC2=NN(C(=O)c3ccccc3Br)[C@](O)(C(F)(F)F)[C@@H]2C1. The standard InChI is InChI=1S/C20H24BrF3N2O2/c1-4-18(2,3)12-9-10-16-14(11-12)19(28,20(22,23)24)26(25-16)17(27)13-7-5-6-8-15(13)21/h5-8,12,14,28H,4,9-11H2,1-3H3/t12-,14-,19-/m1/s1. The number of amides is 1. The first-order valence-electron chi connectivity index (χ1n) is 9.39. The Labute approximate surface area is 170 Å². The maximum Gasteiger partial charge on any atom is 0.439 e. The number of carbonyl (C=O) groups excluding carboxylic acids is 1. The quantitative estimate of drug-likeness (QED) is 0.659. The number of hydrogen-bond acceptors (Lipinski definition) is 3. The first-order chi connectivity index (χ1) is 12.9. The molecule has 0 radical (unpaired) electrons. The van der Waals surface area contributed by atoms with Crippen LogP contribution in [0, 0.1) is 17.3 Å². The van der Waals surface area contributed by atoms with E-state index in [1.807, 2.05) is 20.8 Å². The Hall–Kier alpha value is -1.41. The van der Waals surface area contributed by atoms with E-state index in [1.165, 1.54) is 6.07 Å². The summed E-state index contributed by atoms with van der Waals surface area (Å²) in [6.45, 7) is 6.08. The number of hydrogen-bond donors (Lipinski definition) is 1. The summed E-state index contributed by atoms with van der Waals surface area (Å²) >= 11 is 3.19. The van der Waals surface area contributed by atoms with E-state index in [4.69, 9.17) is 0 Å². The highest BCUT2D eigenvalue weighted by atomic mass is 79.9. The molecule has 154 valence electrons. The molecule has 1 aromatic rings. The molecule has 3 atom stereocenters. The van der Waals surface area contributed by atoms with E-state index in [-0.39, 0.29) is 34.0 Å². The van der Waals surface area contributed by atoms with Crippen LogP contribution in [-0.4, -0.2) is 33.6 Å². The molecule has 2 aliphatic rings. The highest BCUT2D eigenvalue weighted by Crippen LogP contribution is 2.52. The molecule has 4 nitrogen and oxygen atoms in total. The molecular formula is C20H24BrF3N2O2. The summed E-state index contributed by atoms with van der Waals surface area (Å²) in [7, 11) is 0. The van der Waals surface area contributed by atoms with E-state index in [0.717, 1.165) is 6.42 Å². The lowest BCUT2D eigenvalue weighted by atomic mass is 9.64. The molecule has 1 saturated carbocycles. The second kappa shape index (κ2) is 7.13. The molecule has 1 N–H and O–H groups in total. The Bertz CT molecular complexity index is 809. The molecule has 1 aliphatic heterocycles. The van der Waals surface area contributed by atoms with Crippen LogP contribution in [0.15, 0.2) is 33.8 Å². The first kappa shape index (κ1) is 21.3. The zero-order valence-corrected chi connectivity index (χ0v) is 17.6. The number of rotatable bonds is 3. The Morgan fingerprint density at radius 2 is 2.00 bits per heavy atom. The normalized spacial score (nSPS) is 28.1. The summed E-state index contributed by atoms with van der Waals surface area (Å²) in [6.07, 6.45) is -3.02. The summed E-state index contributed by atoms with van der Waals surface area (Å²) in [5.74, 6) is -2.21. The van der Waals surface area contributed by atoms with Crippen LogP contribution in [0.5, 0.6) is 0 Å². The van der Waals surface area contributed by atoms with Crippen LogP contribution in [0.3, 0.4) is 0 Å². The largest absolute Gasteiger partial charge is 0.439 e. The van der Waals surface area contributed by atoms with Gasteiger partial charge in [-0.2, -0.15) is 23.3 Å². The fourth-order valence-corrected chi connectivity index (χ4v) is 4.62. The Kier molecular flexibility index (Phi) is 5.42. The van der Waals surface area contributed by atoms with Gasteiger partial charge >= 0.3 is 6.18 Å². The van der Waals surface area contributed by atoms with Crippen molar-refractivity contribution >= 4 is 27.5 Å². The Balaban J connectivity index is 2.03. The average Bonchev–Trinajstić information content (AvgIpc) is 2.95. The molecule has 8 heteroatoms. The molecule has 1 aliphatic carbocycles. The average molecular weight is 461 g/mol. The van der Waals surface area contributed by atoms with E-state index in [1.54, 1.807) is 18.2 Å². The zero-order chi connectivity index (χ0) is 20.9. The van der Waals surface area contributed by atoms with Crippen LogP contribution in [0.25, 0.3) is 0 Å². The van der Waals surface area contributed by atoms with Gasteiger partial charge in [0.15, 0.2) is 0 Å². The second-order valence-electron chi connectivity index (χ2n) is 8.28. The molecule has 3 rings (SSSR count). The van der Waals surface area contributed by atoms with Gasteiger partial charge < -0.3 is 5.11 Å². The summed E-state index contributed by atoms with van der Waals surface area (Å²) in [5.41, 5.74) is -3.21. The van der Waals surface area contributed by atoms with E-state index in [2.05, 4.69) is 21.0 Å². The number of nitrogens with zero attached hydrogens (tertiary/aromatic N) is 2. The topological polar surface area (TPSA) is 52.9 Å². The fraction of sp³-hybridized carbons (Fsp3) is 0.600. The van der Waals surface area contributed by atoms with Crippen LogP contribution >= 0.6 is 15.9 Å². The lowest BCUT2D eigenvalue weighted by molar-refractivity contribution is -0.314. The molecule has 1 fully saturated rings. The monoisotopic (exact) mass is 460 g/mol. The first-order valence-corrected chi connectivity index (χ1v) is 10.2. The number of aliphatic hydroxyl groups is 1. The molecule has 28 heavy (non-hydrogen) atoms. The van der Waals surface area contributed by atoms with Gasteiger partial charge in [0.05, 0.1) is 11.5 Å². The van der Waals surface area contributed by atoms with Crippen LogP contribution in [0.2, 0.25) is 0 Å². The Morgan fingerprint density at radius 1 is 1.36 bits per heavy atom. The predicted octanol–water partition coefficient (Wildman–Crippen LogP) is 5.36. The number of carbonyl (C=O) groups is 1. The van der Waals surface area contributed by atoms with Crippen LogP contribution in [0.4, 0.5) is 13.2 Å². The van der Waals surface area contributed by atoms with Gasteiger partial charge in [0.25, 0.3) is 11.6 Å². The van der Waals surface area contributed by atoms with Gasteiger partial charge in [-0.3, -0.25) is 4.79 Å². The van der Waals surface area contributed by atoms with E-state index in [9.17, 15) is 23.1 Å². The lowest BCUT2D eigenvalue weighted by Crippen LogP contribution is -2.62. The Morgan fingerprint density at radius 3 is 2.57 bits per heavy atom. The minimum absolute atomic E-state index is 0.00818. The molecular weight excluding hydrogens is 437 g/mol. The third kappa shape index (κ3) is 3.28. The third-order valence-corrected chi connectivity index (χ3v) is 7.13. The van der Waals surface area contributed by atoms with Crippen molar-refractivity contribution in [3.63, 3.8) is 0 Å². The highest BCUT2D eigenvalue weighted by molar-refractivity contribution is 9.10. The number of fused-ring (bicyclic) bond motifs is 1. The predicted molar refractivity (Wildman–Crippen MR) is 104 cm³/mol. The van der Waals surface area contributed by atoms with Gasteiger partial charge in [-0.05, 0) is 58.7 Å². The molecule has 1 heterocycles. The van der Waals surface area contributed by atoms with Crippen LogP contribution in [-0.2, 0) is 0 Å². The second-order valence-corrected chi connectivity index (χ2v) is 9.13. The van der Waals surface area contributed by atoms with Crippen molar-refractivity contribution in [3.8, 4) is 0 Å². The molecule has 0 saturated heterocycles. The molecule has 1 amide bonds. The van der Waals surface area contributed by atoms with Crippen LogP contribution < -0.4 is 0 Å². The molecule has 1 aromatic carbocycles. The van der Waals surface area contributed by atoms with Gasteiger partial charge in [-0.1, -0.05) is 39.3 Å². The maximum absolute atomic E-state index is 14.1. The number of alkyl halides is 3. The van der Waals surface area contributed by atoms with E-state index < -0.39 is 23.7 Å². The van der Waals surface area contributed by atoms with Crippen molar-refractivity contribution in [1.29, 1.82) is 0 Å². The third-order valence-electron chi connectivity index (χ3n) is 6.44. The zero-order valence-electron chi connectivity index (χ0n) is 16.1. The lowest BCUT2D eigenvalue weighted by Gasteiger charge is -2.43. The van der Waals surface area contributed by atoms with Gasteiger partial charge in [-0.25, -0.2) is 0 Å². The van der Waals surface area contributed by atoms with Crippen molar-refractivity contribution in [2.45, 2.75) is 58.4 Å². The van der Waals surface area contributed by atoms with Gasteiger partial charge in [0.1, 0.15) is 0 Å². The summed E-state index contributed by atoms with van der Waals surface area (Å²) < 4.78 is 42.7. The minimum Gasteiger partial charge on any atom is -0.362 e. The fourth-order valence-electron chi connectivity index (χ4n) is 4.17. The van der Waals surface area contributed by atoms with Crippen molar-refractivity contribution in [1.82, 2.24) is 5.01 Å². The number of benzene rings is 1. The molecule has 0 spiro atoms. The minimum atomic E-state index is -5.03. The maximum atomic E-state index is 14.1. The molecule has 0 aromatic heterocycles. The number of hydrazone groups is 1. The van der Waals surface area contributed by atoms with E-state index >= 15 is 0 Å². The van der Waals surface area contributed by atoms with Gasteiger partial charge in [0.2, 0.25) is 0 Å². The molecule has 0 bridgehead atoms. The van der Waals surface area contributed by atoms with Gasteiger partial charge in [0, 0.05) is 10.2 Å².